The molecule has 0 spiro atoms. The first-order valence-electron chi connectivity index (χ1n) is 8.67. The summed E-state index contributed by atoms with van der Waals surface area (Å²) in [5, 5.41) is 3.39. The lowest BCUT2D eigenvalue weighted by atomic mass is 9.81. The molecule has 0 aliphatic carbocycles. The Morgan fingerprint density at radius 1 is 1.25 bits per heavy atom. The third-order valence-corrected chi connectivity index (χ3v) is 5.25. The van der Waals surface area contributed by atoms with E-state index in [0.717, 1.165) is 31.5 Å². The maximum atomic E-state index is 6.02. The molecule has 2 aliphatic rings. The van der Waals surface area contributed by atoms with Crippen molar-refractivity contribution in [3.8, 4) is 0 Å². The molecule has 3 N–H and O–H groups in total. The average molecular weight is 333 g/mol. The molecule has 0 saturated carbocycles. The molecular formula is C16H28BN5O2. The predicted molar refractivity (Wildman–Crippen MR) is 95.3 cm³/mol. The summed E-state index contributed by atoms with van der Waals surface area (Å²) in [5.41, 5.74) is 5.74. The molecule has 1 aromatic heterocycles. The summed E-state index contributed by atoms with van der Waals surface area (Å²) in [5.74, 6) is 0.648. The van der Waals surface area contributed by atoms with Gasteiger partial charge >= 0.3 is 7.12 Å². The lowest BCUT2D eigenvalue weighted by molar-refractivity contribution is 0.00578. The van der Waals surface area contributed by atoms with Crippen molar-refractivity contribution in [1.82, 2.24) is 14.9 Å². The summed E-state index contributed by atoms with van der Waals surface area (Å²) in [4.78, 5) is 11.2. The molecular weight excluding hydrogens is 305 g/mol. The first-order chi connectivity index (χ1) is 11.3. The molecule has 132 valence electrons. The number of likely N-dealkylation sites (tertiary alicyclic amines) is 1. The number of nitrogens with two attached hydrogens (primary N) is 1. The zero-order chi connectivity index (χ0) is 17.4. The fourth-order valence-corrected chi connectivity index (χ4v) is 3.03. The third-order valence-electron chi connectivity index (χ3n) is 5.25. The monoisotopic (exact) mass is 333 g/mol. The predicted octanol–water partition coefficient (Wildman–Crippen LogP) is 0.221. The third kappa shape index (κ3) is 3.56. The molecule has 24 heavy (non-hydrogen) atoms. The van der Waals surface area contributed by atoms with Crippen molar-refractivity contribution in [3.05, 3.63) is 12.4 Å². The number of nitrogens with one attached hydrogen (secondary N) is 1. The van der Waals surface area contributed by atoms with Crippen molar-refractivity contribution in [2.24, 2.45) is 5.73 Å². The van der Waals surface area contributed by atoms with E-state index in [-0.39, 0.29) is 11.2 Å². The van der Waals surface area contributed by atoms with Crippen molar-refractivity contribution < 1.29 is 9.31 Å². The van der Waals surface area contributed by atoms with Crippen LogP contribution in [0.4, 0.5) is 5.95 Å². The molecule has 0 aromatic carbocycles. The van der Waals surface area contributed by atoms with Gasteiger partial charge in [0.1, 0.15) is 0 Å². The van der Waals surface area contributed by atoms with Crippen LogP contribution < -0.4 is 16.5 Å². The van der Waals surface area contributed by atoms with Crippen molar-refractivity contribution in [1.29, 1.82) is 0 Å². The Labute approximate surface area is 144 Å². The van der Waals surface area contributed by atoms with Gasteiger partial charge in [-0.1, -0.05) is 0 Å². The van der Waals surface area contributed by atoms with Crippen LogP contribution in [0.3, 0.4) is 0 Å². The molecule has 8 heteroatoms. The van der Waals surface area contributed by atoms with Gasteiger partial charge in [-0.3, -0.25) is 4.90 Å². The molecule has 3 heterocycles. The van der Waals surface area contributed by atoms with Crippen LogP contribution in [0.1, 0.15) is 34.1 Å². The normalized spacial score (nSPS) is 26.0. The summed E-state index contributed by atoms with van der Waals surface area (Å²) < 4.78 is 12.0. The fraction of sp³-hybridized carbons (Fsp3) is 0.750. The van der Waals surface area contributed by atoms with Crippen molar-refractivity contribution in [2.45, 2.75) is 51.4 Å². The first-order valence-corrected chi connectivity index (χ1v) is 8.67. The second-order valence-corrected chi connectivity index (χ2v) is 7.65. The SMILES string of the molecule is CC1(C)OB(c2cnc(NC3CCN(CCN)C3)nc2)OC1(C)C. The summed E-state index contributed by atoms with van der Waals surface area (Å²) >= 11 is 0. The van der Waals surface area contributed by atoms with Gasteiger partial charge in [0.15, 0.2) is 0 Å². The van der Waals surface area contributed by atoms with Crippen LogP contribution in [0, 0.1) is 0 Å². The lowest BCUT2D eigenvalue weighted by Gasteiger charge is -2.32. The number of anilines is 1. The lowest BCUT2D eigenvalue weighted by Crippen LogP contribution is -2.41. The van der Waals surface area contributed by atoms with E-state index < -0.39 is 7.12 Å². The highest BCUT2D eigenvalue weighted by Crippen LogP contribution is 2.36. The summed E-state index contributed by atoms with van der Waals surface area (Å²) in [6.45, 7) is 11.9. The van der Waals surface area contributed by atoms with E-state index in [0.29, 0.717) is 18.5 Å². The molecule has 2 aliphatic heterocycles. The molecule has 3 rings (SSSR count). The second kappa shape index (κ2) is 6.59. The van der Waals surface area contributed by atoms with Crippen molar-refractivity contribution >= 4 is 18.5 Å². The van der Waals surface area contributed by atoms with Gasteiger partial charge in [-0.05, 0) is 34.1 Å². The number of nitrogens with zero attached hydrogens (tertiary/aromatic N) is 3. The highest BCUT2D eigenvalue weighted by atomic mass is 16.7. The Morgan fingerprint density at radius 2 is 1.88 bits per heavy atom. The van der Waals surface area contributed by atoms with Gasteiger partial charge < -0.3 is 20.4 Å². The van der Waals surface area contributed by atoms with Crippen LogP contribution in [0.2, 0.25) is 0 Å². The van der Waals surface area contributed by atoms with Crippen LogP contribution in [-0.4, -0.2) is 65.4 Å². The van der Waals surface area contributed by atoms with E-state index in [2.05, 4.69) is 20.2 Å². The Bertz CT molecular complexity index is 550. The maximum Gasteiger partial charge on any atom is 0.498 e. The minimum Gasteiger partial charge on any atom is -0.399 e. The average Bonchev–Trinajstić information content (AvgIpc) is 3.02. The minimum atomic E-state index is -0.421. The van der Waals surface area contributed by atoms with Gasteiger partial charge in [0, 0.05) is 50.1 Å². The highest BCUT2D eigenvalue weighted by molar-refractivity contribution is 6.61. The number of aromatic nitrogens is 2. The first kappa shape index (κ1) is 17.6. The molecule has 2 fully saturated rings. The fourth-order valence-electron chi connectivity index (χ4n) is 3.03. The zero-order valence-corrected chi connectivity index (χ0v) is 15.1. The highest BCUT2D eigenvalue weighted by Gasteiger charge is 2.51. The van der Waals surface area contributed by atoms with Gasteiger partial charge in [0.05, 0.1) is 11.2 Å². The number of hydrogen-bond donors (Lipinski definition) is 2. The Morgan fingerprint density at radius 3 is 2.46 bits per heavy atom. The Balaban J connectivity index is 1.59. The largest absolute Gasteiger partial charge is 0.498 e. The van der Waals surface area contributed by atoms with E-state index in [1.807, 2.05) is 27.7 Å². The van der Waals surface area contributed by atoms with Crippen LogP contribution in [0.15, 0.2) is 12.4 Å². The topological polar surface area (TPSA) is 85.5 Å². The van der Waals surface area contributed by atoms with E-state index >= 15 is 0 Å². The smallest absolute Gasteiger partial charge is 0.399 e. The molecule has 2 saturated heterocycles. The maximum absolute atomic E-state index is 6.02. The molecule has 0 radical (unpaired) electrons. The van der Waals surface area contributed by atoms with Crippen LogP contribution in [0.25, 0.3) is 0 Å². The van der Waals surface area contributed by atoms with Crippen LogP contribution in [0.5, 0.6) is 0 Å². The van der Waals surface area contributed by atoms with E-state index in [9.17, 15) is 0 Å². The Kier molecular flexibility index (Phi) is 4.83. The van der Waals surface area contributed by atoms with Crippen molar-refractivity contribution in [3.63, 3.8) is 0 Å². The van der Waals surface area contributed by atoms with Gasteiger partial charge in [-0.25, -0.2) is 9.97 Å². The van der Waals surface area contributed by atoms with E-state index in [4.69, 9.17) is 15.0 Å². The van der Waals surface area contributed by atoms with Gasteiger partial charge in [0.2, 0.25) is 5.95 Å². The quantitative estimate of drug-likeness (QED) is 0.746. The van der Waals surface area contributed by atoms with Gasteiger partial charge in [0.25, 0.3) is 0 Å². The van der Waals surface area contributed by atoms with Crippen molar-refractivity contribution in [2.75, 3.05) is 31.5 Å². The van der Waals surface area contributed by atoms with Gasteiger partial charge in [-0.2, -0.15) is 0 Å². The van der Waals surface area contributed by atoms with E-state index in [1.165, 1.54) is 0 Å². The molecule has 1 unspecified atom stereocenters. The number of hydrogen-bond acceptors (Lipinski definition) is 7. The molecule has 7 nitrogen and oxygen atoms in total. The Hall–Kier alpha value is -1.22. The van der Waals surface area contributed by atoms with Gasteiger partial charge in [-0.15, -0.1) is 0 Å². The summed E-state index contributed by atoms with van der Waals surface area (Å²) in [7, 11) is -0.421. The van der Waals surface area contributed by atoms with Crippen LogP contribution in [-0.2, 0) is 9.31 Å². The molecule has 0 amide bonds. The van der Waals surface area contributed by atoms with Crippen LogP contribution >= 0.6 is 0 Å². The summed E-state index contributed by atoms with van der Waals surface area (Å²) in [6.07, 6.45) is 4.65. The minimum absolute atomic E-state index is 0.356. The standard InChI is InChI=1S/C16H28BN5O2/c1-15(2)16(3,4)24-17(23-15)12-9-19-14(20-10-12)21-13-5-7-22(11-13)8-6-18/h9-10,13H,5-8,11,18H2,1-4H3,(H,19,20,21). The summed E-state index contributed by atoms with van der Waals surface area (Å²) in [6, 6.07) is 0.374. The molecule has 1 aromatic rings. The molecule has 1 atom stereocenters. The van der Waals surface area contributed by atoms with E-state index in [1.54, 1.807) is 12.4 Å². The molecule has 0 bridgehead atoms. The number of rotatable bonds is 5. The second-order valence-electron chi connectivity index (χ2n) is 7.65. The zero-order valence-electron chi connectivity index (χ0n) is 15.1.